The van der Waals surface area contributed by atoms with Gasteiger partial charge in [0.2, 0.25) is 0 Å². The summed E-state index contributed by atoms with van der Waals surface area (Å²) in [5, 5.41) is 0.223. The zero-order chi connectivity index (χ0) is 37.0. The van der Waals surface area contributed by atoms with Crippen molar-refractivity contribution in [2.24, 2.45) is 0 Å². The monoisotopic (exact) mass is 752 g/mol. The number of fused-ring (bicyclic) bond motifs is 4. The second-order valence-corrected chi connectivity index (χ2v) is 15.9. The highest BCUT2D eigenvalue weighted by Crippen LogP contribution is 2.45. The van der Waals surface area contributed by atoms with Crippen LogP contribution in [0.15, 0.2) is 29.3 Å². The smallest absolute Gasteiger partial charge is 0.446 e. The maximum absolute atomic E-state index is 16.9. The number of pyridine rings is 1. The molecular formula is C35H41F5N6O5S. The Hall–Kier alpha value is -3.70. The van der Waals surface area contributed by atoms with Crippen LogP contribution in [-0.4, -0.2) is 112 Å². The van der Waals surface area contributed by atoms with E-state index in [-0.39, 0.29) is 64.3 Å². The summed E-state index contributed by atoms with van der Waals surface area (Å²) in [7, 11) is 1.39. The number of aromatic nitrogens is 3. The summed E-state index contributed by atoms with van der Waals surface area (Å²) < 4.78 is 94.7. The number of alkyl halides is 4. The van der Waals surface area contributed by atoms with Crippen LogP contribution in [-0.2, 0) is 9.47 Å². The number of thioether (sulfide) groups is 1. The normalized spacial score (nSPS) is 24.8. The van der Waals surface area contributed by atoms with Crippen molar-refractivity contribution in [1.82, 2.24) is 24.8 Å². The van der Waals surface area contributed by atoms with Gasteiger partial charge in [0, 0.05) is 49.8 Å². The maximum Gasteiger partial charge on any atom is 0.446 e. The second kappa shape index (κ2) is 13.9. The molecule has 4 atom stereocenters. The average Bonchev–Trinajstić information content (AvgIpc) is 3.68. The Morgan fingerprint density at radius 2 is 1.83 bits per heavy atom. The number of anilines is 1. The molecule has 3 aromatic rings. The molecule has 4 fully saturated rings. The van der Waals surface area contributed by atoms with Crippen LogP contribution in [0.1, 0.15) is 52.9 Å². The van der Waals surface area contributed by atoms with Crippen molar-refractivity contribution < 1.29 is 45.7 Å². The van der Waals surface area contributed by atoms with E-state index in [0.29, 0.717) is 31.9 Å². The molecule has 2 unspecified atom stereocenters. The standard InChI is InChI=1S/C35H41F5N6O5S/c1-33(2,3)51-32(47)46-21-6-7-22(46)17-44(16-21)30-25-14-41-28(24-12-23(50-19-48-4)8-9-26(24)52-35(38,39)40)27(37)29(25)42-31(43-30)49-18-34-10-5-11-45(34)15-20(36)13-34/h8-9,12,14,20-22H,5-7,10-11,13,15-19H2,1-4H3/t20?,21-,22+,34?. The third-order valence-electron chi connectivity index (χ3n) is 10.0. The highest BCUT2D eigenvalue weighted by Gasteiger charge is 2.50. The van der Waals surface area contributed by atoms with Gasteiger partial charge in [-0.1, -0.05) is 0 Å². The number of ether oxygens (including phenoxy) is 4. The third-order valence-corrected chi connectivity index (χ3v) is 10.8. The first-order valence-corrected chi connectivity index (χ1v) is 18.1. The number of rotatable bonds is 9. The van der Waals surface area contributed by atoms with E-state index < -0.39 is 46.5 Å². The molecule has 11 nitrogen and oxygen atoms in total. The predicted molar refractivity (Wildman–Crippen MR) is 183 cm³/mol. The van der Waals surface area contributed by atoms with E-state index in [9.17, 15) is 22.4 Å². The van der Waals surface area contributed by atoms with Crippen molar-refractivity contribution in [1.29, 1.82) is 0 Å². The van der Waals surface area contributed by atoms with Gasteiger partial charge in [0.25, 0.3) is 0 Å². The number of carbonyl (C=O) groups excluding carboxylic acids is 1. The van der Waals surface area contributed by atoms with E-state index in [1.807, 2.05) is 25.7 Å². The molecule has 52 heavy (non-hydrogen) atoms. The van der Waals surface area contributed by atoms with Gasteiger partial charge in [-0.05, 0) is 83.0 Å². The first kappa shape index (κ1) is 36.6. The van der Waals surface area contributed by atoms with Crippen LogP contribution in [0.25, 0.3) is 22.2 Å². The Morgan fingerprint density at radius 1 is 1.08 bits per heavy atom. The SMILES string of the molecule is COCOc1ccc(SC(F)(F)F)c(-c2ncc3c(N4C[C@H]5CC[C@@H](C4)N5C(=O)OC(C)(C)C)nc(OCC45CCCN4CC(F)C5)nc3c2F)c1. The summed E-state index contributed by atoms with van der Waals surface area (Å²) in [6, 6.07) is 3.25. The van der Waals surface area contributed by atoms with Gasteiger partial charge in [-0.25, -0.2) is 13.6 Å². The van der Waals surface area contributed by atoms with E-state index in [0.717, 1.165) is 32.2 Å². The Balaban J connectivity index is 1.29. The van der Waals surface area contributed by atoms with Gasteiger partial charge in [0.05, 0.1) is 23.0 Å². The number of methoxy groups -OCH3 is 1. The fraction of sp³-hybridized carbons (Fsp3) is 0.600. The van der Waals surface area contributed by atoms with Crippen molar-refractivity contribution in [3.05, 3.63) is 30.2 Å². The topological polar surface area (TPSA) is 102 Å². The van der Waals surface area contributed by atoms with Crippen LogP contribution in [0.2, 0.25) is 0 Å². The van der Waals surface area contributed by atoms with Gasteiger partial charge in [-0.2, -0.15) is 23.1 Å². The minimum absolute atomic E-state index is 0.0842. The Bertz CT molecular complexity index is 1820. The highest BCUT2D eigenvalue weighted by molar-refractivity contribution is 8.00. The Kier molecular flexibility index (Phi) is 9.82. The molecule has 2 aromatic heterocycles. The van der Waals surface area contributed by atoms with Crippen LogP contribution < -0.4 is 14.4 Å². The lowest BCUT2D eigenvalue weighted by atomic mass is 9.95. The number of piperazine rings is 1. The average molecular weight is 753 g/mol. The van der Waals surface area contributed by atoms with E-state index in [1.165, 1.54) is 31.5 Å². The summed E-state index contributed by atoms with van der Waals surface area (Å²) >= 11 is -0.395. The molecule has 4 aliphatic heterocycles. The Labute approximate surface area is 302 Å². The predicted octanol–water partition coefficient (Wildman–Crippen LogP) is 6.97. The quantitative estimate of drug-likeness (QED) is 0.129. The van der Waals surface area contributed by atoms with Gasteiger partial charge < -0.3 is 23.8 Å². The number of hydrogen-bond acceptors (Lipinski definition) is 11. The first-order valence-electron chi connectivity index (χ1n) is 17.3. The molecule has 7 rings (SSSR count). The van der Waals surface area contributed by atoms with Crippen molar-refractivity contribution in [3.63, 3.8) is 0 Å². The molecule has 2 bridgehead atoms. The summed E-state index contributed by atoms with van der Waals surface area (Å²) in [5.41, 5.74) is -6.60. The van der Waals surface area contributed by atoms with E-state index in [2.05, 4.69) is 14.9 Å². The number of halogens is 5. The molecule has 0 radical (unpaired) electrons. The molecule has 0 N–H and O–H groups in total. The van der Waals surface area contributed by atoms with Gasteiger partial charge in [0.1, 0.15) is 41.2 Å². The van der Waals surface area contributed by atoms with E-state index >= 15 is 4.39 Å². The first-order chi connectivity index (χ1) is 24.6. The molecule has 17 heteroatoms. The zero-order valence-electron chi connectivity index (χ0n) is 29.3. The number of benzene rings is 1. The van der Waals surface area contributed by atoms with Gasteiger partial charge in [-0.3, -0.25) is 14.8 Å². The summed E-state index contributed by atoms with van der Waals surface area (Å²) in [6.45, 7) is 7.11. The largest absolute Gasteiger partial charge is 0.468 e. The van der Waals surface area contributed by atoms with Gasteiger partial charge in [-0.15, -0.1) is 0 Å². The third kappa shape index (κ3) is 7.40. The number of nitrogens with zero attached hydrogens (tertiary/aromatic N) is 6. The molecule has 6 heterocycles. The number of amides is 1. The van der Waals surface area contributed by atoms with E-state index in [4.69, 9.17) is 23.9 Å². The molecular weight excluding hydrogens is 711 g/mol. The van der Waals surface area contributed by atoms with Crippen molar-refractivity contribution in [2.75, 3.05) is 51.6 Å². The molecule has 4 aliphatic rings. The molecule has 0 aliphatic carbocycles. The fourth-order valence-corrected chi connectivity index (χ4v) is 8.63. The summed E-state index contributed by atoms with van der Waals surface area (Å²) in [4.78, 5) is 32.2. The summed E-state index contributed by atoms with van der Waals surface area (Å²) in [5.74, 6) is -0.505. The molecule has 282 valence electrons. The van der Waals surface area contributed by atoms with Crippen molar-refractivity contribution in [3.8, 4) is 23.0 Å². The van der Waals surface area contributed by atoms with Gasteiger partial charge >= 0.3 is 17.6 Å². The number of hydrogen-bond donors (Lipinski definition) is 0. The van der Waals surface area contributed by atoms with Crippen LogP contribution in [0, 0.1) is 5.82 Å². The Morgan fingerprint density at radius 3 is 2.52 bits per heavy atom. The molecule has 4 saturated heterocycles. The maximum atomic E-state index is 16.9. The van der Waals surface area contributed by atoms with Crippen LogP contribution in [0.3, 0.4) is 0 Å². The highest BCUT2D eigenvalue weighted by atomic mass is 32.2. The van der Waals surface area contributed by atoms with Crippen molar-refractivity contribution >= 4 is 34.6 Å². The lowest BCUT2D eigenvalue weighted by Crippen LogP contribution is -2.57. The van der Waals surface area contributed by atoms with Gasteiger partial charge in [0.15, 0.2) is 12.6 Å². The lowest BCUT2D eigenvalue weighted by molar-refractivity contribution is -0.0328. The molecule has 0 spiro atoms. The molecule has 1 aromatic carbocycles. The molecule has 1 amide bonds. The van der Waals surface area contributed by atoms with Crippen LogP contribution >= 0.6 is 11.8 Å². The minimum Gasteiger partial charge on any atom is -0.468 e. The second-order valence-electron chi connectivity index (χ2n) is 14.8. The number of carbonyl (C=O) groups is 1. The molecule has 0 saturated carbocycles. The zero-order valence-corrected chi connectivity index (χ0v) is 30.2. The lowest BCUT2D eigenvalue weighted by Gasteiger charge is -2.42. The van der Waals surface area contributed by atoms with Crippen LogP contribution in [0.5, 0.6) is 11.8 Å². The van der Waals surface area contributed by atoms with Crippen LogP contribution in [0.4, 0.5) is 32.6 Å². The minimum atomic E-state index is -4.67. The van der Waals surface area contributed by atoms with E-state index in [1.54, 1.807) is 4.90 Å². The fourth-order valence-electron chi connectivity index (χ4n) is 7.98. The summed E-state index contributed by atoms with van der Waals surface area (Å²) in [6.07, 6.45) is 3.33. The van der Waals surface area contributed by atoms with Crippen molar-refractivity contribution in [2.45, 2.75) is 92.7 Å².